The second-order valence-corrected chi connectivity index (χ2v) is 4.84. The fourth-order valence-electron chi connectivity index (χ4n) is 2.49. The van der Waals surface area contributed by atoms with Gasteiger partial charge in [0.25, 0.3) is 0 Å². The van der Waals surface area contributed by atoms with Crippen LogP contribution in [0.1, 0.15) is 44.1 Å². The first kappa shape index (κ1) is 13.8. The van der Waals surface area contributed by atoms with Gasteiger partial charge in [-0.1, -0.05) is 25.7 Å². The van der Waals surface area contributed by atoms with Gasteiger partial charge in [-0.15, -0.1) is 0 Å². The average Bonchev–Trinajstić information content (AvgIpc) is 2.73. The number of rotatable bonds is 3. The molecule has 19 heavy (non-hydrogen) atoms. The Labute approximate surface area is 114 Å². The predicted molar refractivity (Wildman–Crippen MR) is 76.1 cm³/mol. The van der Waals surface area contributed by atoms with E-state index < -0.39 is 0 Å². The Morgan fingerprint density at radius 2 is 2.11 bits per heavy atom. The molecule has 2 rings (SSSR count). The van der Waals surface area contributed by atoms with Crippen LogP contribution < -0.4 is 16.0 Å². The van der Waals surface area contributed by atoms with Gasteiger partial charge in [0.15, 0.2) is 0 Å². The molecular formula is C14H22N4O. The molecule has 0 atom stereocenters. The van der Waals surface area contributed by atoms with Crippen molar-refractivity contribution in [1.82, 2.24) is 10.4 Å². The number of nitrogens with two attached hydrogens (primary N) is 1. The normalized spacial score (nSPS) is 17.9. The van der Waals surface area contributed by atoms with Crippen molar-refractivity contribution < 1.29 is 4.74 Å². The van der Waals surface area contributed by atoms with Crippen LogP contribution in [0.4, 0.5) is 0 Å². The average molecular weight is 262 g/mol. The summed E-state index contributed by atoms with van der Waals surface area (Å²) in [6.45, 7) is 0. The first-order chi connectivity index (χ1) is 9.35. The van der Waals surface area contributed by atoms with Crippen molar-refractivity contribution in [1.29, 1.82) is 0 Å². The quantitative estimate of drug-likeness (QED) is 0.287. The molecule has 1 heterocycles. The van der Waals surface area contributed by atoms with E-state index >= 15 is 0 Å². The van der Waals surface area contributed by atoms with Crippen LogP contribution in [0.2, 0.25) is 0 Å². The van der Waals surface area contributed by atoms with Crippen LogP contribution >= 0.6 is 0 Å². The number of hydrogen-bond acceptors (Lipinski definition) is 4. The minimum Gasteiger partial charge on any atom is -0.494 e. The lowest BCUT2D eigenvalue weighted by atomic mass is 10.1. The number of hydrazine groups is 1. The van der Waals surface area contributed by atoms with Gasteiger partial charge in [0, 0.05) is 6.20 Å². The van der Waals surface area contributed by atoms with E-state index in [2.05, 4.69) is 10.4 Å². The van der Waals surface area contributed by atoms with Gasteiger partial charge in [-0.05, 0) is 18.9 Å². The predicted octanol–water partition coefficient (Wildman–Crippen LogP) is 2.02. The molecule has 0 radical (unpaired) electrons. The summed E-state index contributed by atoms with van der Waals surface area (Å²) in [4.78, 5) is 8.81. The van der Waals surface area contributed by atoms with Gasteiger partial charge < -0.3 is 10.2 Å². The van der Waals surface area contributed by atoms with E-state index in [1.807, 2.05) is 6.07 Å². The number of nitrogens with one attached hydrogen (secondary N) is 1. The van der Waals surface area contributed by atoms with Crippen molar-refractivity contribution in [2.45, 2.75) is 44.6 Å². The monoisotopic (exact) mass is 262 g/mol. The molecule has 104 valence electrons. The molecule has 5 heteroatoms. The van der Waals surface area contributed by atoms with Crippen molar-refractivity contribution in [3.05, 3.63) is 24.0 Å². The maximum absolute atomic E-state index is 5.63. The van der Waals surface area contributed by atoms with Crippen molar-refractivity contribution in [2.75, 3.05) is 7.11 Å². The lowest BCUT2D eigenvalue weighted by Crippen LogP contribution is -2.32. The summed E-state index contributed by atoms with van der Waals surface area (Å²) in [7, 11) is 1.63. The first-order valence-electron chi connectivity index (χ1n) is 6.88. The molecule has 3 N–H and O–H groups in total. The van der Waals surface area contributed by atoms with E-state index in [0.29, 0.717) is 17.6 Å². The SMILES string of the molecule is COc1cnccc1C(=NC1CCCCCC1)NN. The summed E-state index contributed by atoms with van der Waals surface area (Å²) < 4.78 is 5.30. The van der Waals surface area contributed by atoms with Gasteiger partial charge in [-0.25, -0.2) is 5.84 Å². The molecule has 1 aliphatic carbocycles. The Kier molecular flexibility index (Phi) is 5.15. The molecule has 1 saturated carbocycles. The molecule has 1 aromatic rings. The van der Waals surface area contributed by atoms with Crippen LogP contribution in [0.3, 0.4) is 0 Å². The Balaban J connectivity index is 2.22. The highest BCUT2D eigenvalue weighted by atomic mass is 16.5. The van der Waals surface area contributed by atoms with E-state index in [1.54, 1.807) is 19.5 Å². The van der Waals surface area contributed by atoms with Crippen molar-refractivity contribution in [3.8, 4) is 5.75 Å². The first-order valence-corrected chi connectivity index (χ1v) is 6.88. The number of hydrogen-bond donors (Lipinski definition) is 2. The highest BCUT2D eigenvalue weighted by Crippen LogP contribution is 2.22. The van der Waals surface area contributed by atoms with E-state index in [0.717, 1.165) is 18.4 Å². The number of methoxy groups -OCH3 is 1. The van der Waals surface area contributed by atoms with E-state index in [4.69, 9.17) is 15.6 Å². The fourth-order valence-corrected chi connectivity index (χ4v) is 2.49. The molecule has 1 fully saturated rings. The zero-order valence-electron chi connectivity index (χ0n) is 11.4. The summed E-state index contributed by atoms with van der Waals surface area (Å²) >= 11 is 0. The molecule has 0 unspecified atom stereocenters. The largest absolute Gasteiger partial charge is 0.494 e. The van der Waals surface area contributed by atoms with Crippen LogP contribution in [0.5, 0.6) is 5.75 Å². The number of ether oxygens (including phenoxy) is 1. The standard InChI is InChI=1S/C14H22N4O/c1-19-13-10-16-9-8-12(13)14(18-15)17-11-6-4-2-3-5-7-11/h8-11H,2-7,15H2,1H3,(H,17,18). The molecule has 1 aliphatic rings. The molecular weight excluding hydrogens is 240 g/mol. The number of pyridine rings is 1. The van der Waals surface area contributed by atoms with Gasteiger partial charge in [-0.2, -0.15) is 0 Å². The van der Waals surface area contributed by atoms with Gasteiger partial charge in [0.1, 0.15) is 11.6 Å². The second-order valence-electron chi connectivity index (χ2n) is 4.84. The van der Waals surface area contributed by atoms with Crippen molar-refractivity contribution in [2.24, 2.45) is 10.8 Å². The summed E-state index contributed by atoms with van der Waals surface area (Å²) in [5.41, 5.74) is 3.57. The Bertz CT molecular complexity index is 425. The van der Waals surface area contributed by atoms with Crippen LogP contribution in [-0.2, 0) is 0 Å². The van der Waals surface area contributed by atoms with E-state index in [1.165, 1.54) is 25.7 Å². The molecule has 1 aromatic heterocycles. The highest BCUT2D eigenvalue weighted by molar-refractivity contribution is 6.00. The van der Waals surface area contributed by atoms with Gasteiger partial charge in [-0.3, -0.25) is 9.98 Å². The molecule has 0 bridgehead atoms. The fraction of sp³-hybridized carbons (Fsp3) is 0.571. The van der Waals surface area contributed by atoms with Crippen LogP contribution in [0, 0.1) is 0 Å². The molecule has 0 saturated heterocycles. The maximum atomic E-state index is 5.63. The smallest absolute Gasteiger partial charge is 0.148 e. The van der Waals surface area contributed by atoms with Crippen molar-refractivity contribution in [3.63, 3.8) is 0 Å². The topological polar surface area (TPSA) is 72.5 Å². The van der Waals surface area contributed by atoms with E-state index in [9.17, 15) is 0 Å². The Morgan fingerprint density at radius 3 is 2.74 bits per heavy atom. The molecule has 0 spiro atoms. The van der Waals surface area contributed by atoms with E-state index in [-0.39, 0.29) is 0 Å². The lowest BCUT2D eigenvalue weighted by molar-refractivity contribution is 0.411. The Morgan fingerprint density at radius 1 is 1.37 bits per heavy atom. The summed E-state index contributed by atoms with van der Waals surface area (Å²) in [5, 5.41) is 0. The number of aliphatic imine (C=N–C) groups is 1. The van der Waals surface area contributed by atoms with Crippen molar-refractivity contribution >= 4 is 5.84 Å². The number of nitrogens with zero attached hydrogens (tertiary/aromatic N) is 2. The van der Waals surface area contributed by atoms with Crippen LogP contribution in [0.25, 0.3) is 0 Å². The number of amidine groups is 1. The molecule has 5 nitrogen and oxygen atoms in total. The summed E-state index contributed by atoms with van der Waals surface area (Å²) in [5.74, 6) is 7.00. The third-order valence-electron chi connectivity index (χ3n) is 3.53. The zero-order valence-corrected chi connectivity index (χ0v) is 11.4. The molecule has 0 amide bonds. The third kappa shape index (κ3) is 3.67. The molecule has 0 aromatic carbocycles. The van der Waals surface area contributed by atoms with Gasteiger partial charge in [0.2, 0.25) is 0 Å². The third-order valence-corrected chi connectivity index (χ3v) is 3.53. The summed E-state index contributed by atoms with van der Waals surface area (Å²) in [6.07, 6.45) is 10.8. The highest BCUT2D eigenvalue weighted by Gasteiger charge is 2.14. The van der Waals surface area contributed by atoms with Crippen LogP contribution in [-0.4, -0.2) is 24.0 Å². The number of aromatic nitrogens is 1. The lowest BCUT2D eigenvalue weighted by Gasteiger charge is -2.14. The minimum atomic E-state index is 0.353. The second kappa shape index (κ2) is 7.09. The van der Waals surface area contributed by atoms with Gasteiger partial charge in [0.05, 0.1) is 24.9 Å². The maximum Gasteiger partial charge on any atom is 0.148 e. The molecule has 0 aliphatic heterocycles. The van der Waals surface area contributed by atoms with Gasteiger partial charge >= 0.3 is 0 Å². The zero-order chi connectivity index (χ0) is 13.5. The summed E-state index contributed by atoms with van der Waals surface area (Å²) in [6, 6.07) is 2.22. The minimum absolute atomic E-state index is 0.353. The Hall–Kier alpha value is -1.62. The van der Waals surface area contributed by atoms with Crippen LogP contribution in [0.15, 0.2) is 23.5 Å².